The first-order valence-corrected chi connectivity index (χ1v) is 8.67. The summed E-state index contributed by atoms with van der Waals surface area (Å²) in [6, 6.07) is 0. The quantitative estimate of drug-likeness (QED) is 0.776. The van der Waals surface area contributed by atoms with Crippen molar-refractivity contribution in [2.75, 3.05) is 0 Å². The minimum Gasteiger partial charge on any atom is -0.477 e. The number of hydrogen-bond acceptors (Lipinski definition) is 3. The summed E-state index contributed by atoms with van der Waals surface area (Å²) in [7, 11) is 0. The zero-order valence-corrected chi connectivity index (χ0v) is 14.7. The molecule has 0 bridgehead atoms. The molecule has 2 saturated carbocycles. The van der Waals surface area contributed by atoms with Crippen LogP contribution < -0.4 is 0 Å². The van der Waals surface area contributed by atoms with Gasteiger partial charge in [-0.15, -0.1) is 0 Å². The summed E-state index contributed by atoms with van der Waals surface area (Å²) in [6.07, 6.45) is 6.77. The van der Waals surface area contributed by atoms with Crippen LogP contribution in [-0.4, -0.2) is 28.5 Å². The number of ether oxygens (including phenoxy) is 1. The molecule has 0 saturated heterocycles. The Morgan fingerprint density at radius 3 is 2.17 bits per heavy atom. The average Bonchev–Trinajstić information content (AvgIpc) is 3.15. The molecular formula is C18H29NO4. The van der Waals surface area contributed by atoms with Crippen molar-refractivity contribution in [3.63, 3.8) is 0 Å². The first-order chi connectivity index (χ1) is 10.6. The number of carbonyl (C=O) groups excluding carboxylic acids is 1. The average molecular weight is 323 g/mol. The molecule has 0 aromatic carbocycles. The van der Waals surface area contributed by atoms with E-state index in [-0.39, 0.29) is 17.0 Å². The van der Waals surface area contributed by atoms with Crippen molar-refractivity contribution in [2.45, 2.75) is 78.2 Å². The maximum Gasteiger partial charge on any atom is 0.434 e. The highest BCUT2D eigenvalue weighted by Gasteiger charge is 2.52. The summed E-state index contributed by atoms with van der Waals surface area (Å²) in [6.45, 7) is 7.38. The monoisotopic (exact) mass is 323 g/mol. The van der Waals surface area contributed by atoms with Crippen molar-refractivity contribution in [1.82, 2.24) is 0 Å². The number of nitrogens with zero attached hydrogens (tertiary/aromatic N) is 1. The van der Waals surface area contributed by atoms with Gasteiger partial charge in [-0.25, -0.2) is 9.59 Å². The van der Waals surface area contributed by atoms with Crippen molar-refractivity contribution in [1.29, 1.82) is 0 Å². The Bertz CT molecular complexity index is 494. The van der Waals surface area contributed by atoms with Crippen LogP contribution in [0.5, 0.6) is 0 Å². The molecule has 1 atom stereocenters. The van der Waals surface area contributed by atoms with Crippen molar-refractivity contribution in [3.8, 4) is 0 Å². The number of hydrogen-bond donors (Lipinski definition) is 1. The predicted octanol–water partition coefficient (Wildman–Crippen LogP) is 4.44. The number of rotatable bonds is 4. The smallest absolute Gasteiger partial charge is 0.434 e. The van der Waals surface area contributed by atoms with Gasteiger partial charge in [0.25, 0.3) is 0 Å². The fourth-order valence-corrected chi connectivity index (χ4v) is 3.73. The van der Waals surface area contributed by atoms with Crippen LogP contribution in [0.3, 0.4) is 0 Å². The van der Waals surface area contributed by atoms with Crippen molar-refractivity contribution < 1.29 is 19.4 Å². The standard InChI is InChI=1S/C18H29NO4/c1-17(2,3)23-16(22)19-14(15(20)21)13(18(4)10-11-18)12-8-6-5-7-9-12/h12-13H,5-11H2,1-4H3,(H,20,21)/b19-14+/t13-/m1/s1. The molecule has 2 fully saturated rings. The van der Waals surface area contributed by atoms with Crippen LogP contribution in [0.15, 0.2) is 4.99 Å². The largest absolute Gasteiger partial charge is 0.477 e. The number of aliphatic imine (C=N–C) groups is 1. The number of carbonyl (C=O) groups is 2. The van der Waals surface area contributed by atoms with Gasteiger partial charge in [0.1, 0.15) is 11.3 Å². The van der Waals surface area contributed by atoms with Crippen LogP contribution in [-0.2, 0) is 9.53 Å². The van der Waals surface area contributed by atoms with Gasteiger partial charge >= 0.3 is 12.1 Å². The number of aliphatic carboxylic acids is 1. The van der Waals surface area contributed by atoms with Crippen molar-refractivity contribution in [2.24, 2.45) is 22.2 Å². The molecule has 0 aromatic heterocycles. The molecule has 1 amide bonds. The highest BCUT2D eigenvalue weighted by Crippen LogP contribution is 2.56. The molecule has 2 aliphatic rings. The molecule has 1 N–H and O–H groups in total. The van der Waals surface area contributed by atoms with Crippen LogP contribution in [0.4, 0.5) is 4.79 Å². The summed E-state index contributed by atoms with van der Waals surface area (Å²) in [5.41, 5.74) is -0.693. The Morgan fingerprint density at radius 2 is 1.74 bits per heavy atom. The molecule has 0 radical (unpaired) electrons. The lowest BCUT2D eigenvalue weighted by Gasteiger charge is -2.34. The lowest BCUT2D eigenvalue weighted by Crippen LogP contribution is -2.37. The van der Waals surface area contributed by atoms with Crippen LogP contribution in [0.2, 0.25) is 0 Å². The minimum absolute atomic E-state index is 0.00569. The van der Waals surface area contributed by atoms with E-state index in [1.807, 2.05) is 0 Å². The predicted molar refractivity (Wildman–Crippen MR) is 88.7 cm³/mol. The van der Waals surface area contributed by atoms with E-state index in [2.05, 4.69) is 11.9 Å². The minimum atomic E-state index is -1.08. The van der Waals surface area contributed by atoms with Gasteiger partial charge in [-0.05, 0) is 57.8 Å². The molecule has 0 heterocycles. The molecule has 23 heavy (non-hydrogen) atoms. The summed E-state index contributed by atoms with van der Waals surface area (Å²) < 4.78 is 5.20. The number of amides is 1. The van der Waals surface area contributed by atoms with E-state index in [0.717, 1.165) is 38.5 Å². The first kappa shape index (κ1) is 18.0. The Labute approximate surface area is 138 Å². The van der Waals surface area contributed by atoms with Crippen molar-refractivity contribution >= 4 is 17.8 Å². The first-order valence-electron chi connectivity index (χ1n) is 8.67. The maximum absolute atomic E-state index is 12.0. The van der Waals surface area contributed by atoms with Gasteiger partial charge < -0.3 is 9.84 Å². The van der Waals surface area contributed by atoms with Gasteiger partial charge in [0.15, 0.2) is 0 Å². The highest BCUT2D eigenvalue weighted by molar-refractivity contribution is 6.38. The van der Waals surface area contributed by atoms with Gasteiger partial charge in [-0.3, -0.25) is 0 Å². The second kappa shape index (κ2) is 6.62. The Morgan fingerprint density at radius 1 is 1.17 bits per heavy atom. The second-order valence-corrected chi connectivity index (χ2v) is 8.31. The van der Waals surface area contributed by atoms with Gasteiger partial charge in [0.2, 0.25) is 0 Å². The van der Waals surface area contributed by atoms with E-state index < -0.39 is 17.7 Å². The third-order valence-corrected chi connectivity index (χ3v) is 5.03. The Kier molecular flexibility index (Phi) is 5.17. The van der Waals surface area contributed by atoms with E-state index in [1.165, 1.54) is 6.42 Å². The molecule has 5 heteroatoms. The van der Waals surface area contributed by atoms with Crippen molar-refractivity contribution in [3.05, 3.63) is 0 Å². The molecule has 5 nitrogen and oxygen atoms in total. The second-order valence-electron chi connectivity index (χ2n) is 8.31. The molecule has 2 aliphatic carbocycles. The van der Waals surface area contributed by atoms with E-state index in [0.29, 0.717) is 5.92 Å². The van der Waals surface area contributed by atoms with Crippen LogP contribution >= 0.6 is 0 Å². The van der Waals surface area contributed by atoms with E-state index >= 15 is 0 Å². The number of carboxylic acids is 1. The van der Waals surface area contributed by atoms with E-state index in [9.17, 15) is 14.7 Å². The SMILES string of the molecule is CC(C)(C)OC(=O)/N=C(/C(=O)O)[C@@H](C1CCCCC1)C1(C)CC1. The van der Waals surface area contributed by atoms with Crippen LogP contribution in [0.25, 0.3) is 0 Å². The molecular weight excluding hydrogens is 294 g/mol. The molecule has 130 valence electrons. The van der Waals surface area contributed by atoms with Gasteiger partial charge in [0.05, 0.1) is 0 Å². The lowest BCUT2D eigenvalue weighted by atomic mass is 9.70. The summed E-state index contributed by atoms with van der Waals surface area (Å²) in [4.78, 5) is 27.8. The zero-order valence-electron chi connectivity index (χ0n) is 14.7. The van der Waals surface area contributed by atoms with Gasteiger partial charge in [-0.2, -0.15) is 4.99 Å². The normalized spacial score (nSPS) is 23.2. The summed E-state index contributed by atoms with van der Waals surface area (Å²) in [5, 5.41) is 9.67. The van der Waals surface area contributed by atoms with Crippen LogP contribution in [0, 0.1) is 17.3 Å². The maximum atomic E-state index is 12.0. The van der Waals surface area contributed by atoms with E-state index in [1.54, 1.807) is 20.8 Å². The van der Waals surface area contributed by atoms with E-state index in [4.69, 9.17) is 4.74 Å². The third kappa shape index (κ3) is 4.79. The summed E-state index contributed by atoms with van der Waals surface area (Å²) >= 11 is 0. The fraction of sp³-hybridized carbons (Fsp3) is 0.833. The molecule has 0 spiro atoms. The van der Waals surface area contributed by atoms with Gasteiger partial charge in [-0.1, -0.05) is 26.2 Å². The van der Waals surface area contributed by atoms with Crippen LogP contribution in [0.1, 0.15) is 72.6 Å². The zero-order chi connectivity index (χ0) is 17.3. The molecule has 0 aromatic rings. The fourth-order valence-electron chi connectivity index (χ4n) is 3.73. The van der Waals surface area contributed by atoms with Gasteiger partial charge in [0, 0.05) is 5.92 Å². The highest BCUT2D eigenvalue weighted by atomic mass is 16.6. The summed E-state index contributed by atoms with van der Waals surface area (Å²) in [5.74, 6) is -0.916. The Hall–Kier alpha value is -1.39. The molecule has 0 unspecified atom stereocenters. The molecule has 0 aliphatic heterocycles. The number of carboxylic acid groups (broad SMARTS) is 1. The molecule has 2 rings (SSSR count). The Balaban J connectivity index is 2.27. The lowest BCUT2D eigenvalue weighted by molar-refractivity contribution is -0.130. The third-order valence-electron chi connectivity index (χ3n) is 5.03. The topological polar surface area (TPSA) is 76.0 Å².